The molecule has 1 aromatic carbocycles. The molecule has 0 atom stereocenters. The maximum atomic E-state index is 13.7. The minimum atomic E-state index is -0.324. The van der Waals surface area contributed by atoms with Gasteiger partial charge in [-0.05, 0) is 18.6 Å². The Morgan fingerprint density at radius 2 is 2.11 bits per heavy atom. The summed E-state index contributed by atoms with van der Waals surface area (Å²) in [5.41, 5.74) is 1.48. The van der Waals surface area contributed by atoms with E-state index < -0.39 is 0 Å². The zero-order chi connectivity index (χ0) is 13.7. The maximum absolute atomic E-state index is 13.7. The number of carbonyl (C=O) groups excluding carboxylic acids is 1. The van der Waals surface area contributed by atoms with Gasteiger partial charge in [0, 0.05) is 30.1 Å². The summed E-state index contributed by atoms with van der Waals surface area (Å²) < 4.78 is 13.7. The van der Waals surface area contributed by atoms with Crippen molar-refractivity contribution in [3.8, 4) is 11.1 Å². The fourth-order valence-electron chi connectivity index (χ4n) is 1.75. The van der Waals surface area contributed by atoms with Crippen molar-refractivity contribution >= 4 is 5.91 Å². The molecule has 0 fully saturated rings. The third kappa shape index (κ3) is 3.16. The summed E-state index contributed by atoms with van der Waals surface area (Å²) in [7, 11) is 0. The Morgan fingerprint density at radius 3 is 2.84 bits per heavy atom. The summed E-state index contributed by atoms with van der Waals surface area (Å²) in [4.78, 5) is 15.8. The summed E-state index contributed by atoms with van der Waals surface area (Å²) in [5.74, 6) is -0.511. The van der Waals surface area contributed by atoms with Gasteiger partial charge in [0.1, 0.15) is 5.82 Å². The topological polar surface area (TPSA) is 42.0 Å². The minimum Gasteiger partial charge on any atom is -0.352 e. The molecule has 0 aliphatic heterocycles. The van der Waals surface area contributed by atoms with Crippen LogP contribution in [0.15, 0.2) is 42.7 Å². The van der Waals surface area contributed by atoms with E-state index in [0.29, 0.717) is 23.2 Å². The van der Waals surface area contributed by atoms with E-state index in [9.17, 15) is 9.18 Å². The fraction of sp³-hybridized carbons (Fsp3) is 0.200. The molecule has 98 valence electrons. The number of benzene rings is 1. The molecule has 2 aromatic rings. The molecule has 0 aliphatic carbocycles. The maximum Gasteiger partial charge on any atom is 0.252 e. The van der Waals surface area contributed by atoms with Crippen molar-refractivity contribution < 1.29 is 9.18 Å². The second-order valence-corrected chi connectivity index (χ2v) is 4.20. The number of rotatable bonds is 4. The molecule has 0 spiro atoms. The summed E-state index contributed by atoms with van der Waals surface area (Å²) in [5, 5.41) is 2.77. The van der Waals surface area contributed by atoms with Gasteiger partial charge < -0.3 is 5.32 Å². The molecule has 0 bridgehead atoms. The highest BCUT2D eigenvalue weighted by molar-refractivity contribution is 5.95. The molecule has 0 unspecified atom stereocenters. The van der Waals surface area contributed by atoms with Gasteiger partial charge in [-0.2, -0.15) is 0 Å². The molecule has 2 rings (SSSR count). The van der Waals surface area contributed by atoms with Gasteiger partial charge in [-0.3, -0.25) is 9.78 Å². The van der Waals surface area contributed by atoms with Crippen molar-refractivity contribution in [3.05, 3.63) is 54.1 Å². The minimum absolute atomic E-state index is 0.187. The van der Waals surface area contributed by atoms with Crippen molar-refractivity contribution in [1.29, 1.82) is 0 Å². The van der Waals surface area contributed by atoms with Crippen LogP contribution >= 0.6 is 0 Å². The first kappa shape index (κ1) is 13.2. The summed E-state index contributed by atoms with van der Waals surface area (Å²) >= 11 is 0. The van der Waals surface area contributed by atoms with Gasteiger partial charge in [0.25, 0.3) is 5.91 Å². The molecular formula is C15H15FN2O. The first-order valence-electron chi connectivity index (χ1n) is 6.20. The summed E-state index contributed by atoms with van der Waals surface area (Å²) in [6.45, 7) is 2.59. The van der Waals surface area contributed by atoms with Crippen LogP contribution in [-0.2, 0) is 0 Å². The standard InChI is InChI=1S/C15H15FN2O/c1-2-7-18-15(19)12-8-11(9-17-10-12)13-5-3-4-6-14(13)16/h3-6,8-10H,2,7H2,1H3,(H,18,19). The number of amides is 1. The van der Waals surface area contributed by atoms with Crippen LogP contribution in [0.1, 0.15) is 23.7 Å². The smallest absolute Gasteiger partial charge is 0.252 e. The Kier molecular flexibility index (Phi) is 4.23. The van der Waals surface area contributed by atoms with E-state index in [-0.39, 0.29) is 11.7 Å². The lowest BCUT2D eigenvalue weighted by atomic mass is 10.1. The van der Waals surface area contributed by atoms with Crippen molar-refractivity contribution in [3.63, 3.8) is 0 Å². The lowest BCUT2D eigenvalue weighted by molar-refractivity contribution is 0.0953. The average Bonchev–Trinajstić information content (AvgIpc) is 2.45. The molecule has 0 saturated heterocycles. The van der Waals surface area contributed by atoms with Crippen LogP contribution in [0.4, 0.5) is 4.39 Å². The van der Waals surface area contributed by atoms with Gasteiger partial charge in [-0.15, -0.1) is 0 Å². The number of nitrogens with zero attached hydrogens (tertiary/aromatic N) is 1. The van der Waals surface area contributed by atoms with Gasteiger partial charge in [0.2, 0.25) is 0 Å². The zero-order valence-corrected chi connectivity index (χ0v) is 10.7. The highest BCUT2D eigenvalue weighted by atomic mass is 19.1. The van der Waals surface area contributed by atoms with Crippen LogP contribution in [0.3, 0.4) is 0 Å². The Balaban J connectivity index is 2.30. The van der Waals surface area contributed by atoms with Crippen LogP contribution in [0, 0.1) is 5.82 Å². The molecule has 1 heterocycles. The van der Waals surface area contributed by atoms with Crippen LogP contribution in [0.2, 0.25) is 0 Å². The summed E-state index contributed by atoms with van der Waals surface area (Å²) in [6.07, 6.45) is 3.90. The van der Waals surface area contributed by atoms with Gasteiger partial charge in [0.05, 0.1) is 5.56 Å². The van der Waals surface area contributed by atoms with Crippen LogP contribution in [0.5, 0.6) is 0 Å². The highest BCUT2D eigenvalue weighted by Crippen LogP contribution is 2.22. The lowest BCUT2D eigenvalue weighted by Gasteiger charge is -2.06. The SMILES string of the molecule is CCCNC(=O)c1cncc(-c2ccccc2F)c1. The molecule has 1 amide bonds. The third-order valence-corrected chi connectivity index (χ3v) is 2.72. The van der Waals surface area contributed by atoms with Gasteiger partial charge >= 0.3 is 0 Å². The van der Waals surface area contributed by atoms with Gasteiger partial charge in [0.15, 0.2) is 0 Å². The molecule has 1 N–H and O–H groups in total. The van der Waals surface area contributed by atoms with Crippen molar-refractivity contribution in [2.75, 3.05) is 6.54 Å². The van der Waals surface area contributed by atoms with Crippen molar-refractivity contribution in [2.24, 2.45) is 0 Å². The number of nitrogens with one attached hydrogen (secondary N) is 1. The fourth-order valence-corrected chi connectivity index (χ4v) is 1.75. The van der Waals surface area contributed by atoms with E-state index in [1.54, 1.807) is 30.5 Å². The van der Waals surface area contributed by atoms with Crippen LogP contribution in [-0.4, -0.2) is 17.4 Å². The van der Waals surface area contributed by atoms with E-state index in [2.05, 4.69) is 10.3 Å². The van der Waals surface area contributed by atoms with Crippen LogP contribution < -0.4 is 5.32 Å². The van der Waals surface area contributed by atoms with Crippen LogP contribution in [0.25, 0.3) is 11.1 Å². The van der Waals surface area contributed by atoms with E-state index in [1.807, 2.05) is 6.92 Å². The summed E-state index contributed by atoms with van der Waals surface area (Å²) in [6, 6.07) is 8.09. The van der Waals surface area contributed by atoms with E-state index in [1.165, 1.54) is 12.3 Å². The lowest BCUT2D eigenvalue weighted by Crippen LogP contribution is -2.24. The van der Waals surface area contributed by atoms with E-state index in [0.717, 1.165) is 6.42 Å². The molecule has 3 nitrogen and oxygen atoms in total. The number of pyridine rings is 1. The molecule has 0 saturated carbocycles. The predicted molar refractivity (Wildman–Crippen MR) is 72.3 cm³/mol. The first-order valence-corrected chi connectivity index (χ1v) is 6.20. The first-order chi connectivity index (χ1) is 9.22. The van der Waals surface area contributed by atoms with Crippen molar-refractivity contribution in [2.45, 2.75) is 13.3 Å². The molecule has 4 heteroatoms. The zero-order valence-electron chi connectivity index (χ0n) is 10.7. The molecule has 19 heavy (non-hydrogen) atoms. The number of hydrogen-bond donors (Lipinski definition) is 1. The Labute approximate surface area is 111 Å². The average molecular weight is 258 g/mol. The van der Waals surface area contributed by atoms with Crippen molar-refractivity contribution in [1.82, 2.24) is 10.3 Å². The second kappa shape index (κ2) is 6.09. The normalized spacial score (nSPS) is 10.2. The molecule has 0 aliphatic rings. The largest absolute Gasteiger partial charge is 0.352 e. The second-order valence-electron chi connectivity index (χ2n) is 4.20. The quantitative estimate of drug-likeness (QED) is 0.915. The Hall–Kier alpha value is -2.23. The highest BCUT2D eigenvalue weighted by Gasteiger charge is 2.09. The Bertz CT molecular complexity index is 584. The van der Waals surface area contributed by atoms with E-state index >= 15 is 0 Å². The number of aromatic nitrogens is 1. The monoisotopic (exact) mass is 258 g/mol. The molecule has 1 aromatic heterocycles. The molecular weight excluding hydrogens is 243 g/mol. The van der Waals surface area contributed by atoms with Gasteiger partial charge in [-0.1, -0.05) is 25.1 Å². The van der Waals surface area contributed by atoms with E-state index in [4.69, 9.17) is 0 Å². The molecule has 0 radical (unpaired) electrons. The van der Waals surface area contributed by atoms with Gasteiger partial charge in [-0.25, -0.2) is 4.39 Å². The third-order valence-electron chi connectivity index (χ3n) is 2.72. The number of halogens is 1. The Morgan fingerprint density at radius 1 is 1.32 bits per heavy atom. The predicted octanol–water partition coefficient (Wildman–Crippen LogP) is 3.03. The number of carbonyl (C=O) groups is 1. The number of hydrogen-bond acceptors (Lipinski definition) is 2.